The quantitative estimate of drug-likeness (QED) is 0.720. The molecule has 0 spiro atoms. The van der Waals surface area contributed by atoms with Crippen LogP contribution in [0.2, 0.25) is 5.02 Å². The lowest BCUT2D eigenvalue weighted by atomic mass is 10.1. The van der Waals surface area contributed by atoms with Crippen LogP contribution in [0.3, 0.4) is 0 Å². The number of sulfonamides is 1. The molecule has 1 aliphatic heterocycles. The van der Waals surface area contributed by atoms with E-state index in [-0.39, 0.29) is 49.9 Å². The van der Waals surface area contributed by atoms with Crippen molar-refractivity contribution < 1.29 is 22.4 Å². The average Bonchev–Trinajstić information content (AvgIpc) is 2.72. The Balaban J connectivity index is 1.48. The van der Waals surface area contributed by atoms with E-state index >= 15 is 0 Å². The highest BCUT2D eigenvalue weighted by Crippen LogP contribution is 2.20. The molecule has 0 unspecified atom stereocenters. The van der Waals surface area contributed by atoms with Crippen molar-refractivity contribution in [1.29, 1.82) is 0 Å². The minimum atomic E-state index is -3.69. The second-order valence-electron chi connectivity index (χ2n) is 6.83. The monoisotopic (exact) mass is 453 g/mol. The summed E-state index contributed by atoms with van der Waals surface area (Å²) in [6.45, 7) is 0.543. The standard InChI is InChI=1S/C20H21ClFN3O4S/c21-16-4-2-6-18(13-16)30(28,29)25-9-7-24(8-10-25)20(27)14-23-19(26)12-15-3-1-5-17(22)11-15/h1-6,11,13H,7-10,12,14H2,(H,23,26). The lowest BCUT2D eigenvalue weighted by molar-refractivity contribution is -0.133. The molecule has 0 aromatic heterocycles. The Labute approximate surface area is 179 Å². The smallest absolute Gasteiger partial charge is 0.243 e. The van der Waals surface area contributed by atoms with Crippen molar-refractivity contribution in [2.75, 3.05) is 32.7 Å². The molecule has 1 fully saturated rings. The summed E-state index contributed by atoms with van der Waals surface area (Å²) in [5.74, 6) is -1.12. The molecule has 0 bridgehead atoms. The van der Waals surface area contributed by atoms with Crippen LogP contribution in [0.15, 0.2) is 53.4 Å². The zero-order valence-corrected chi connectivity index (χ0v) is 17.6. The number of nitrogens with zero attached hydrogens (tertiary/aromatic N) is 2. The number of hydrogen-bond acceptors (Lipinski definition) is 4. The zero-order chi connectivity index (χ0) is 21.7. The van der Waals surface area contributed by atoms with Crippen LogP contribution >= 0.6 is 11.6 Å². The van der Waals surface area contributed by atoms with Crippen LogP contribution in [0, 0.1) is 5.82 Å². The molecule has 3 rings (SSSR count). The lowest BCUT2D eigenvalue weighted by Crippen LogP contribution is -2.52. The normalized spacial score (nSPS) is 15.1. The Bertz CT molecular complexity index is 1040. The molecule has 1 aliphatic rings. The topological polar surface area (TPSA) is 86.8 Å². The van der Waals surface area contributed by atoms with E-state index < -0.39 is 21.7 Å². The molecule has 1 saturated heterocycles. The predicted molar refractivity (Wildman–Crippen MR) is 110 cm³/mol. The van der Waals surface area contributed by atoms with Crippen LogP contribution in [0.25, 0.3) is 0 Å². The van der Waals surface area contributed by atoms with Gasteiger partial charge in [-0.1, -0.05) is 29.8 Å². The molecule has 0 radical (unpaired) electrons. The first kappa shape index (κ1) is 22.2. The van der Waals surface area contributed by atoms with Gasteiger partial charge in [-0.3, -0.25) is 9.59 Å². The molecule has 30 heavy (non-hydrogen) atoms. The van der Waals surface area contributed by atoms with Crippen molar-refractivity contribution in [2.45, 2.75) is 11.3 Å². The number of halogens is 2. The van der Waals surface area contributed by atoms with Crippen molar-refractivity contribution in [3.05, 3.63) is 64.9 Å². The van der Waals surface area contributed by atoms with Crippen molar-refractivity contribution >= 4 is 33.4 Å². The first-order valence-electron chi connectivity index (χ1n) is 9.30. The predicted octanol–water partition coefficient (Wildman–Crippen LogP) is 1.67. The number of benzene rings is 2. The van der Waals surface area contributed by atoms with Crippen LogP contribution in [0.4, 0.5) is 4.39 Å². The van der Waals surface area contributed by atoms with E-state index in [9.17, 15) is 22.4 Å². The van der Waals surface area contributed by atoms with Gasteiger partial charge in [0.2, 0.25) is 21.8 Å². The molecular formula is C20H21ClFN3O4S. The number of carbonyl (C=O) groups is 2. The highest BCUT2D eigenvalue weighted by Gasteiger charge is 2.30. The summed E-state index contributed by atoms with van der Waals surface area (Å²) in [4.78, 5) is 25.9. The molecule has 10 heteroatoms. The van der Waals surface area contributed by atoms with Crippen LogP contribution < -0.4 is 5.32 Å². The fourth-order valence-corrected chi connectivity index (χ4v) is 4.86. The molecule has 0 aliphatic carbocycles. The van der Waals surface area contributed by atoms with E-state index in [0.29, 0.717) is 10.6 Å². The zero-order valence-electron chi connectivity index (χ0n) is 16.1. The van der Waals surface area contributed by atoms with Gasteiger partial charge in [0.1, 0.15) is 5.82 Å². The SMILES string of the molecule is O=C(Cc1cccc(F)c1)NCC(=O)N1CCN(S(=O)(=O)c2cccc(Cl)c2)CC1. The third kappa shape index (κ3) is 5.56. The summed E-state index contributed by atoms with van der Waals surface area (Å²) in [7, 11) is -3.69. The Morgan fingerprint density at radius 2 is 1.73 bits per heavy atom. The lowest BCUT2D eigenvalue weighted by Gasteiger charge is -2.34. The molecule has 2 aromatic rings. The van der Waals surface area contributed by atoms with Gasteiger partial charge in [-0.25, -0.2) is 12.8 Å². The number of nitrogens with one attached hydrogen (secondary N) is 1. The number of hydrogen-bond donors (Lipinski definition) is 1. The van der Waals surface area contributed by atoms with E-state index in [1.54, 1.807) is 18.2 Å². The van der Waals surface area contributed by atoms with Gasteiger partial charge in [0.25, 0.3) is 0 Å². The van der Waals surface area contributed by atoms with E-state index in [2.05, 4.69) is 5.32 Å². The van der Waals surface area contributed by atoms with E-state index in [0.717, 1.165) is 0 Å². The summed E-state index contributed by atoms with van der Waals surface area (Å²) in [5, 5.41) is 2.85. The van der Waals surface area contributed by atoms with Gasteiger partial charge in [-0.2, -0.15) is 4.31 Å². The van der Waals surface area contributed by atoms with Gasteiger partial charge in [0.05, 0.1) is 17.9 Å². The van der Waals surface area contributed by atoms with Crippen molar-refractivity contribution in [3.63, 3.8) is 0 Å². The third-order valence-electron chi connectivity index (χ3n) is 4.72. The first-order valence-corrected chi connectivity index (χ1v) is 11.1. The van der Waals surface area contributed by atoms with E-state index in [1.165, 1.54) is 39.5 Å². The van der Waals surface area contributed by atoms with Gasteiger partial charge in [0.15, 0.2) is 0 Å². The van der Waals surface area contributed by atoms with Gasteiger partial charge in [-0.15, -0.1) is 0 Å². The maximum Gasteiger partial charge on any atom is 0.243 e. The fourth-order valence-electron chi connectivity index (χ4n) is 3.14. The minimum Gasteiger partial charge on any atom is -0.347 e. The molecule has 2 aromatic carbocycles. The number of piperazine rings is 1. The van der Waals surface area contributed by atoms with Crippen LogP contribution in [-0.2, 0) is 26.0 Å². The molecule has 1 heterocycles. The van der Waals surface area contributed by atoms with Crippen LogP contribution in [-0.4, -0.2) is 62.2 Å². The number of amides is 2. The average molecular weight is 454 g/mol. The molecular weight excluding hydrogens is 433 g/mol. The number of rotatable bonds is 6. The van der Waals surface area contributed by atoms with Crippen molar-refractivity contribution in [1.82, 2.24) is 14.5 Å². The summed E-state index contributed by atoms with van der Waals surface area (Å²) in [6, 6.07) is 11.7. The van der Waals surface area contributed by atoms with Gasteiger partial charge < -0.3 is 10.2 Å². The molecule has 160 valence electrons. The third-order valence-corrected chi connectivity index (χ3v) is 6.85. The second-order valence-corrected chi connectivity index (χ2v) is 9.20. The maximum atomic E-state index is 13.2. The molecule has 7 nitrogen and oxygen atoms in total. The highest BCUT2D eigenvalue weighted by molar-refractivity contribution is 7.89. The fraction of sp³-hybridized carbons (Fsp3) is 0.300. The van der Waals surface area contributed by atoms with Crippen molar-refractivity contribution in [2.24, 2.45) is 0 Å². The Kier molecular flexibility index (Phi) is 7.06. The molecule has 1 N–H and O–H groups in total. The Morgan fingerprint density at radius 1 is 1.03 bits per heavy atom. The summed E-state index contributed by atoms with van der Waals surface area (Å²) in [5.41, 5.74) is 0.514. The molecule has 0 atom stereocenters. The van der Waals surface area contributed by atoms with Crippen LogP contribution in [0.1, 0.15) is 5.56 Å². The van der Waals surface area contributed by atoms with Crippen molar-refractivity contribution in [3.8, 4) is 0 Å². The molecule has 0 saturated carbocycles. The Hall–Kier alpha value is -2.49. The molecule has 2 amide bonds. The van der Waals surface area contributed by atoms with Gasteiger partial charge in [0, 0.05) is 31.2 Å². The minimum absolute atomic E-state index is 0.0311. The highest BCUT2D eigenvalue weighted by atomic mass is 35.5. The summed E-state index contributed by atoms with van der Waals surface area (Å²) < 4.78 is 39.9. The largest absolute Gasteiger partial charge is 0.347 e. The Morgan fingerprint density at radius 3 is 2.40 bits per heavy atom. The maximum absolute atomic E-state index is 13.2. The van der Waals surface area contributed by atoms with Gasteiger partial charge >= 0.3 is 0 Å². The summed E-state index contributed by atoms with van der Waals surface area (Å²) >= 11 is 5.88. The van der Waals surface area contributed by atoms with Crippen LogP contribution in [0.5, 0.6) is 0 Å². The van der Waals surface area contributed by atoms with Gasteiger partial charge in [-0.05, 0) is 35.9 Å². The first-order chi connectivity index (χ1) is 14.3. The number of carbonyl (C=O) groups excluding carboxylic acids is 2. The van der Waals surface area contributed by atoms with E-state index in [4.69, 9.17) is 11.6 Å². The summed E-state index contributed by atoms with van der Waals surface area (Å²) in [6.07, 6.45) is -0.0311. The second kappa shape index (κ2) is 9.55. The van der Waals surface area contributed by atoms with E-state index in [1.807, 2.05) is 0 Å².